The first kappa shape index (κ1) is 21.3. The SMILES string of the molecule is CCC1(OCOP(C)(=O)[O-])C(=O)OCc2c1cc1n(c2=O)CC2C=c3ccccc3=NC12. The predicted octanol–water partition coefficient (Wildman–Crippen LogP) is 0.469. The van der Waals surface area contributed by atoms with E-state index in [2.05, 4.69) is 6.08 Å². The summed E-state index contributed by atoms with van der Waals surface area (Å²) in [5.41, 5.74) is -0.465. The number of fused-ring (bicyclic) bond motifs is 5. The molecule has 2 aromatic rings. The van der Waals surface area contributed by atoms with E-state index in [9.17, 15) is 19.0 Å². The molecule has 4 heterocycles. The molecule has 5 rings (SSSR count). The number of pyridine rings is 1. The fourth-order valence-electron chi connectivity index (χ4n) is 4.76. The normalized spacial score (nSPS) is 27.0. The lowest BCUT2D eigenvalue weighted by Gasteiger charge is -2.36. The number of carbonyl (C=O) groups is 1. The largest absolute Gasteiger partial charge is 0.779 e. The van der Waals surface area contributed by atoms with Gasteiger partial charge in [-0.2, -0.15) is 0 Å². The van der Waals surface area contributed by atoms with Crippen LogP contribution in [0.3, 0.4) is 0 Å². The molecule has 1 aromatic carbocycles. The lowest BCUT2D eigenvalue weighted by Crippen LogP contribution is -2.47. The minimum Gasteiger partial charge on any atom is -0.779 e. The van der Waals surface area contributed by atoms with Crippen LogP contribution >= 0.6 is 7.60 Å². The average Bonchev–Trinajstić information content (AvgIpc) is 3.11. The van der Waals surface area contributed by atoms with Crippen molar-refractivity contribution in [3.8, 4) is 0 Å². The highest BCUT2D eigenvalue weighted by Gasteiger charge is 2.49. The Bertz CT molecular complexity index is 1350. The fraction of sp³-hybridized carbons (Fsp3) is 0.409. The number of cyclic esters (lactones) is 1. The molecule has 4 unspecified atom stereocenters. The standard InChI is InChI=1S/C22H23N2O7P/c1-3-22(30-12-31-32(2,27)28)16-9-18-19-14(8-13-6-4-5-7-17(13)23-19)10-24(18)20(25)15(16)11-29-21(22)26/h4-9,14,19H,3,10-12H2,1-2H3,(H,27,28)/p-1. The van der Waals surface area contributed by atoms with Crippen molar-refractivity contribution < 1.29 is 28.3 Å². The van der Waals surface area contributed by atoms with Gasteiger partial charge in [0.25, 0.3) is 5.56 Å². The molecule has 3 aliphatic heterocycles. The number of hydrogen-bond acceptors (Lipinski definition) is 8. The second-order valence-electron chi connectivity index (χ2n) is 8.26. The number of carbonyl (C=O) groups excluding carboxylic acids is 1. The number of nitrogens with zero attached hydrogens (tertiary/aromatic N) is 2. The molecule has 168 valence electrons. The van der Waals surface area contributed by atoms with Crippen LogP contribution in [0.1, 0.15) is 36.2 Å². The van der Waals surface area contributed by atoms with Crippen molar-refractivity contribution in [2.24, 2.45) is 10.9 Å². The van der Waals surface area contributed by atoms with Gasteiger partial charge in [-0.05, 0) is 23.8 Å². The Kier molecular flexibility index (Phi) is 4.98. The Morgan fingerprint density at radius 3 is 2.88 bits per heavy atom. The molecular weight excluding hydrogens is 435 g/mol. The average molecular weight is 457 g/mol. The van der Waals surface area contributed by atoms with Crippen molar-refractivity contribution in [1.82, 2.24) is 4.57 Å². The third-order valence-corrected chi connectivity index (χ3v) is 6.92. The Hall–Kier alpha value is -2.58. The molecule has 0 spiro atoms. The van der Waals surface area contributed by atoms with Gasteiger partial charge in [0.2, 0.25) is 0 Å². The van der Waals surface area contributed by atoms with Crippen LogP contribution in [0.15, 0.2) is 40.1 Å². The zero-order valence-corrected chi connectivity index (χ0v) is 18.5. The lowest BCUT2D eigenvalue weighted by atomic mass is 9.85. The van der Waals surface area contributed by atoms with Crippen LogP contribution in [0.2, 0.25) is 0 Å². The zero-order chi connectivity index (χ0) is 22.7. The number of para-hydroxylation sites is 1. The number of benzene rings is 1. The molecule has 0 saturated carbocycles. The summed E-state index contributed by atoms with van der Waals surface area (Å²) in [5, 5.41) is 1.88. The van der Waals surface area contributed by atoms with Gasteiger partial charge in [0.1, 0.15) is 14.2 Å². The van der Waals surface area contributed by atoms with Crippen molar-refractivity contribution >= 4 is 19.6 Å². The third kappa shape index (κ3) is 3.28. The van der Waals surface area contributed by atoms with Gasteiger partial charge in [-0.3, -0.25) is 9.79 Å². The van der Waals surface area contributed by atoms with Gasteiger partial charge < -0.3 is 28.0 Å². The van der Waals surface area contributed by atoms with Crippen molar-refractivity contribution in [1.29, 1.82) is 0 Å². The molecule has 0 fully saturated rings. The fourth-order valence-corrected chi connectivity index (χ4v) is 5.01. The molecule has 0 amide bonds. The summed E-state index contributed by atoms with van der Waals surface area (Å²) in [6.07, 6.45) is 2.27. The summed E-state index contributed by atoms with van der Waals surface area (Å²) in [4.78, 5) is 42.5. The number of rotatable bonds is 5. The molecule has 0 N–H and O–H groups in total. The van der Waals surface area contributed by atoms with Gasteiger partial charge in [0.05, 0.1) is 17.0 Å². The van der Waals surface area contributed by atoms with Crippen LogP contribution in [-0.2, 0) is 42.1 Å². The van der Waals surface area contributed by atoms with Crippen LogP contribution in [-0.4, -0.2) is 24.0 Å². The first-order chi connectivity index (χ1) is 15.2. The minimum atomic E-state index is -4.06. The highest BCUT2D eigenvalue weighted by Crippen LogP contribution is 2.42. The summed E-state index contributed by atoms with van der Waals surface area (Å²) in [6.45, 7) is 2.29. The van der Waals surface area contributed by atoms with Crippen molar-refractivity contribution in [2.75, 3.05) is 13.5 Å². The highest BCUT2D eigenvalue weighted by molar-refractivity contribution is 7.50. The molecule has 0 saturated heterocycles. The van der Waals surface area contributed by atoms with Gasteiger partial charge in [-0.25, -0.2) is 4.79 Å². The first-order valence-electron chi connectivity index (χ1n) is 10.4. The van der Waals surface area contributed by atoms with E-state index >= 15 is 0 Å². The summed E-state index contributed by atoms with van der Waals surface area (Å²) < 4.78 is 28.8. The van der Waals surface area contributed by atoms with Crippen LogP contribution in [0, 0.1) is 5.92 Å². The van der Waals surface area contributed by atoms with E-state index in [-0.39, 0.29) is 30.5 Å². The number of aromatic nitrogens is 1. The Balaban J connectivity index is 1.63. The maximum Gasteiger partial charge on any atom is 0.343 e. The lowest BCUT2D eigenvalue weighted by molar-refractivity contribution is -0.220. The van der Waals surface area contributed by atoms with Gasteiger partial charge >= 0.3 is 5.97 Å². The molecule has 9 nitrogen and oxygen atoms in total. The predicted molar refractivity (Wildman–Crippen MR) is 111 cm³/mol. The van der Waals surface area contributed by atoms with Crippen molar-refractivity contribution in [3.63, 3.8) is 0 Å². The van der Waals surface area contributed by atoms with Gasteiger partial charge in [0, 0.05) is 30.4 Å². The highest BCUT2D eigenvalue weighted by atomic mass is 31.2. The second kappa shape index (κ2) is 7.49. The molecule has 10 heteroatoms. The van der Waals surface area contributed by atoms with Gasteiger partial charge in [-0.15, -0.1) is 0 Å². The summed E-state index contributed by atoms with van der Waals surface area (Å²) in [6, 6.07) is 9.33. The van der Waals surface area contributed by atoms with Crippen LogP contribution in [0.5, 0.6) is 0 Å². The summed E-state index contributed by atoms with van der Waals surface area (Å²) in [7, 11) is -4.06. The number of ether oxygens (including phenoxy) is 2. The van der Waals surface area contributed by atoms with Crippen molar-refractivity contribution in [2.45, 2.75) is 38.1 Å². The van der Waals surface area contributed by atoms with E-state index in [0.29, 0.717) is 23.4 Å². The smallest absolute Gasteiger partial charge is 0.343 e. The van der Waals surface area contributed by atoms with E-state index in [4.69, 9.17) is 19.0 Å². The van der Waals surface area contributed by atoms with E-state index in [1.54, 1.807) is 17.6 Å². The van der Waals surface area contributed by atoms with Gasteiger partial charge in [0.15, 0.2) is 12.4 Å². The first-order valence-corrected chi connectivity index (χ1v) is 12.4. The van der Waals surface area contributed by atoms with Crippen LogP contribution in [0.4, 0.5) is 0 Å². The number of hydrogen-bond donors (Lipinski definition) is 0. The van der Waals surface area contributed by atoms with E-state index in [0.717, 1.165) is 17.2 Å². The Morgan fingerprint density at radius 2 is 2.12 bits per heavy atom. The molecule has 4 atom stereocenters. The molecule has 1 aromatic heterocycles. The molecule has 3 aliphatic rings. The van der Waals surface area contributed by atoms with Gasteiger partial charge in [-0.1, -0.05) is 31.2 Å². The van der Waals surface area contributed by atoms with Crippen LogP contribution in [0.25, 0.3) is 6.08 Å². The van der Waals surface area contributed by atoms with E-state index in [1.807, 2.05) is 24.3 Å². The second-order valence-corrected chi connectivity index (χ2v) is 10.1. The molecule has 0 radical (unpaired) electrons. The maximum atomic E-state index is 13.4. The van der Waals surface area contributed by atoms with E-state index < -0.39 is 26.0 Å². The third-order valence-electron chi connectivity index (χ3n) is 6.35. The molecular formula is C22H22N2O7P-. The van der Waals surface area contributed by atoms with Crippen LogP contribution < -0.4 is 21.0 Å². The quantitative estimate of drug-likeness (QED) is 0.364. The Morgan fingerprint density at radius 1 is 1.34 bits per heavy atom. The zero-order valence-electron chi connectivity index (χ0n) is 17.6. The summed E-state index contributed by atoms with van der Waals surface area (Å²) >= 11 is 0. The summed E-state index contributed by atoms with van der Waals surface area (Å²) in [5.74, 6) is -0.658. The maximum absolute atomic E-state index is 13.4. The molecule has 0 bridgehead atoms. The molecule has 32 heavy (non-hydrogen) atoms. The molecule has 0 aliphatic carbocycles. The van der Waals surface area contributed by atoms with E-state index in [1.165, 1.54) is 0 Å². The van der Waals surface area contributed by atoms with Crippen molar-refractivity contribution in [3.05, 3.63) is 68.1 Å². The topological polar surface area (TPSA) is 119 Å². The monoisotopic (exact) mass is 457 g/mol. The Labute approximate surface area is 183 Å². The number of esters is 1. The minimum absolute atomic E-state index is 0.0183.